The van der Waals surface area contributed by atoms with E-state index in [1.54, 1.807) is 6.20 Å². The first-order valence-electron chi connectivity index (χ1n) is 9.57. The van der Waals surface area contributed by atoms with Gasteiger partial charge in [-0.15, -0.1) is 24.8 Å². The normalized spacial score (nSPS) is 16.3. The minimum atomic E-state index is -0.0616. The van der Waals surface area contributed by atoms with Gasteiger partial charge in [-0.3, -0.25) is 4.79 Å². The van der Waals surface area contributed by atoms with Crippen LogP contribution in [0.5, 0.6) is 0 Å². The Morgan fingerprint density at radius 2 is 2.03 bits per heavy atom. The van der Waals surface area contributed by atoms with E-state index < -0.39 is 0 Å². The van der Waals surface area contributed by atoms with Gasteiger partial charge in [-0.25, -0.2) is 9.67 Å². The van der Waals surface area contributed by atoms with Crippen molar-refractivity contribution in [2.24, 2.45) is 0 Å². The Labute approximate surface area is 193 Å². The SMILES string of the molecule is Cc1nc2c(cnn2C(C)C)cc1C(=O)N1CCNCC1c1cccc(Cl)c1.Cl.Cl. The van der Waals surface area contributed by atoms with Crippen LogP contribution in [0.3, 0.4) is 0 Å². The number of rotatable bonds is 3. The molecule has 0 saturated carbocycles. The molecular weight excluding hydrogens is 445 g/mol. The fourth-order valence-electron chi connectivity index (χ4n) is 3.77. The molecule has 1 saturated heterocycles. The van der Waals surface area contributed by atoms with Gasteiger partial charge in [0.25, 0.3) is 5.91 Å². The number of carbonyl (C=O) groups excluding carboxylic acids is 1. The highest BCUT2D eigenvalue weighted by Gasteiger charge is 2.30. The van der Waals surface area contributed by atoms with E-state index in [0.29, 0.717) is 23.7 Å². The van der Waals surface area contributed by atoms with Crippen molar-refractivity contribution in [1.29, 1.82) is 0 Å². The summed E-state index contributed by atoms with van der Waals surface area (Å²) < 4.78 is 1.89. The number of pyridine rings is 1. The van der Waals surface area contributed by atoms with E-state index in [4.69, 9.17) is 16.6 Å². The van der Waals surface area contributed by atoms with Crippen molar-refractivity contribution in [3.63, 3.8) is 0 Å². The molecule has 1 atom stereocenters. The smallest absolute Gasteiger partial charge is 0.256 e. The third kappa shape index (κ3) is 4.57. The van der Waals surface area contributed by atoms with Crippen LogP contribution in [0.1, 0.15) is 47.5 Å². The van der Waals surface area contributed by atoms with Gasteiger partial charge >= 0.3 is 0 Å². The Bertz CT molecular complexity index is 1040. The first-order chi connectivity index (χ1) is 13.5. The molecule has 1 amide bonds. The molecule has 162 valence electrons. The number of halogens is 3. The van der Waals surface area contributed by atoms with Crippen LogP contribution in [-0.4, -0.2) is 45.2 Å². The number of carbonyl (C=O) groups is 1. The quantitative estimate of drug-likeness (QED) is 0.607. The second-order valence-corrected chi connectivity index (χ2v) is 7.93. The summed E-state index contributed by atoms with van der Waals surface area (Å²) in [7, 11) is 0. The number of hydrogen-bond acceptors (Lipinski definition) is 4. The maximum Gasteiger partial charge on any atom is 0.256 e. The average Bonchev–Trinajstić information content (AvgIpc) is 3.10. The zero-order valence-electron chi connectivity index (χ0n) is 17.1. The summed E-state index contributed by atoms with van der Waals surface area (Å²) in [6.07, 6.45) is 1.78. The second kappa shape index (κ2) is 9.96. The average molecular weight is 471 g/mol. The zero-order valence-corrected chi connectivity index (χ0v) is 19.5. The minimum Gasteiger partial charge on any atom is -0.329 e. The molecule has 6 nitrogen and oxygen atoms in total. The number of hydrogen-bond donors (Lipinski definition) is 1. The van der Waals surface area contributed by atoms with E-state index in [-0.39, 0.29) is 42.8 Å². The summed E-state index contributed by atoms with van der Waals surface area (Å²) in [5.74, 6) is -0.00401. The van der Waals surface area contributed by atoms with Crippen LogP contribution < -0.4 is 5.32 Å². The number of aromatic nitrogens is 3. The van der Waals surface area contributed by atoms with E-state index in [0.717, 1.165) is 28.8 Å². The number of benzene rings is 1. The molecule has 1 fully saturated rings. The van der Waals surface area contributed by atoms with Gasteiger partial charge in [-0.05, 0) is 44.5 Å². The number of nitrogens with one attached hydrogen (secondary N) is 1. The van der Waals surface area contributed by atoms with Gasteiger partial charge in [-0.1, -0.05) is 23.7 Å². The lowest BCUT2D eigenvalue weighted by Gasteiger charge is -2.37. The second-order valence-electron chi connectivity index (χ2n) is 7.49. The molecule has 1 N–H and O–H groups in total. The Kier molecular flexibility index (Phi) is 8.11. The number of amides is 1. The van der Waals surface area contributed by atoms with Crippen LogP contribution >= 0.6 is 36.4 Å². The summed E-state index contributed by atoms with van der Waals surface area (Å²) in [5.41, 5.74) is 3.20. The fraction of sp³-hybridized carbons (Fsp3) is 0.381. The van der Waals surface area contributed by atoms with E-state index in [9.17, 15) is 4.79 Å². The highest BCUT2D eigenvalue weighted by atomic mass is 35.5. The molecule has 0 spiro atoms. The molecule has 0 bridgehead atoms. The third-order valence-electron chi connectivity index (χ3n) is 5.22. The molecule has 3 aromatic rings. The molecule has 4 rings (SSSR count). The topological polar surface area (TPSA) is 63.1 Å². The molecule has 2 aromatic heterocycles. The molecule has 9 heteroatoms. The molecule has 1 aliphatic heterocycles. The summed E-state index contributed by atoms with van der Waals surface area (Å²) in [4.78, 5) is 20.1. The van der Waals surface area contributed by atoms with Gasteiger partial charge in [0, 0.05) is 36.1 Å². The Hall–Kier alpha value is -1.86. The van der Waals surface area contributed by atoms with Crippen LogP contribution in [0.25, 0.3) is 11.0 Å². The minimum absolute atomic E-state index is 0. The largest absolute Gasteiger partial charge is 0.329 e. The Balaban J connectivity index is 0.00000160. The molecular formula is C21H26Cl3N5O. The first-order valence-corrected chi connectivity index (χ1v) is 9.95. The molecule has 0 radical (unpaired) electrons. The maximum atomic E-state index is 13.5. The molecule has 1 aliphatic rings. The van der Waals surface area contributed by atoms with Crippen LogP contribution in [0.4, 0.5) is 0 Å². The van der Waals surface area contributed by atoms with Gasteiger partial charge in [0.05, 0.1) is 23.5 Å². The van der Waals surface area contributed by atoms with Crippen molar-refractivity contribution in [3.8, 4) is 0 Å². The van der Waals surface area contributed by atoms with Crippen molar-refractivity contribution < 1.29 is 4.79 Å². The van der Waals surface area contributed by atoms with Crippen LogP contribution in [-0.2, 0) is 0 Å². The van der Waals surface area contributed by atoms with Gasteiger partial charge in [0.2, 0.25) is 0 Å². The van der Waals surface area contributed by atoms with Gasteiger partial charge < -0.3 is 10.2 Å². The van der Waals surface area contributed by atoms with E-state index in [1.165, 1.54) is 0 Å². The van der Waals surface area contributed by atoms with Crippen molar-refractivity contribution in [2.75, 3.05) is 19.6 Å². The molecule has 1 aromatic carbocycles. The Morgan fingerprint density at radius 1 is 1.27 bits per heavy atom. The first kappa shape index (κ1) is 24.4. The summed E-state index contributed by atoms with van der Waals surface area (Å²) in [6.45, 7) is 8.13. The highest BCUT2D eigenvalue weighted by molar-refractivity contribution is 6.30. The Morgan fingerprint density at radius 3 is 2.73 bits per heavy atom. The van der Waals surface area contributed by atoms with Crippen LogP contribution in [0.2, 0.25) is 5.02 Å². The van der Waals surface area contributed by atoms with Gasteiger partial charge in [0.1, 0.15) is 0 Å². The predicted octanol–water partition coefficient (Wildman–Crippen LogP) is 4.60. The number of aryl methyl sites for hydroxylation is 1. The molecule has 0 aliphatic carbocycles. The van der Waals surface area contributed by atoms with Crippen molar-refractivity contribution in [1.82, 2.24) is 25.0 Å². The predicted molar refractivity (Wildman–Crippen MR) is 125 cm³/mol. The van der Waals surface area contributed by atoms with E-state index >= 15 is 0 Å². The van der Waals surface area contributed by atoms with Crippen molar-refractivity contribution in [3.05, 3.63) is 58.4 Å². The van der Waals surface area contributed by atoms with Crippen LogP contribution in [0.15, 0.2) is 36.5 Å². The summed E-state index contributed by atoms with van der Waals surface area (Å²) in [5, 5.41) is 9.37. The molecule has 30 heavy (non-hydrogen) atoms. The highest BCUT2D eigenvalue weighted by Crippen LogP contribution is 2.28. The summed E-state index contributed by atoms with van der Waals surface area (Å²) >= 11 is 6.18. The number of piperazine rings is 1. The standard InChI is InChI=1S/C21H24ClN5O.2ClH/c1-13(2)27-20-16(11-24-27)10-18(14(3)25-20)21(28)26-8-7-23-12-19(26)15-5-4-6-17(22)9-15;;/h4-6,9-11,13,19,23H,7-8,12H2,1-3H3;2*1H. The maximum absolute atomic E-state index is 13.5. The number of fused-ring (bicyclic) bond motifs is 1. The lowest BCUT2D eigenvalue weighted by molar-refractivity contribution is 0.0633. The van der Waals surface area contributed by atoms with Crippen molar-refractivity contribution in [2.45, 2.75) is 32.9 Å². The third-order valence-corrected chi connectivity index (χ3v) is 5.45. The molecule has 1 unspecified atom stereocenters. The fourth-order valence-corrected chi connectivity index (χ4v) is 3.97. The van der Waals surface area contributed by atoms with Crippen molar-refractivity contribution >= 4 is 53.4 Å². The lowest BCUT2D eigenvalue weighted by atomic mass is 10.0. The summed E-state index contributed by atoms with van der Waals surface area (Å²) in [6, 6.07) is 9.80. The van der Waals surface area contributed by atoms with Gasteiger partial charge in [-0.2, -0.15) is 5.10 Å². The van der Waals surface area contributed by atoms with Crippen LogP contribution in [0, 0.1) is 6.92 Å². The lowest BCUT2D eigenvalue weighted by Crippen LogP contribution is -2.48. The number of nitrogens with zero attached hydrogens (tertiary/aromatic N) is 4. The zero-order chi connectivity index (χ0) is 19.8. The van der Waals surface area contributed by atoms with E-state index in [2.05, 4.69) is 24.3 Å². The van der Waals surface area contributed by atoms with E-state index in [1.807, 2.05) is 46.8 Å². The molecule has 3 heterocycles. The monoisotopic (exact) mass is 469 g/mol. The van der Waals surface area contributed by atoms with Gasteiger partial charge in [0.15, 0.2) is 5.65 Å².